The van der Waals surface area contributed by atoms with Crippen LogP contribution in [0.1, 0.15) is 49.9 Å². The van der Waals surface area contributed by atoms with Crippen molar-refractivity contribution in [3.63, 3.8) is 0 Å². The second kappa shape index (κ2) is 4.60. The number of hydrogen-bond donors (Lipinski definition) is 1. The zero-order valence-corrected chi connectivity index (χ0v) is 12.2. The van der Waals surface area contributed by atoms with Gasteiger partial charge in [0.2, 0.25) is 0 Å². The van der Waals surface area contributed by atoms with E-state index in [0.29, 0.717) is 11.1 Å². The van der Waals surface area contributed by atoms with Gasteiger partial charge in [-0.25, -0.2) is 9.97 Å². The lowest BCUT2D eigenvalue weighted by Crippen LogP contribution is -2.43. The van der Waals surface area contributed by atoms with Crippen LogP contribution in [-0.4, -0.2) is 33.8 Å². The van der Waals surface area contributed by atoms with Crippen molar-refractivity contribution in [3.8, 4) is 0 Å². The molecule has 19 heavy (non-hydrogen) atoms. The zero-order valence-electron chi connectivity index (χ0n) is 11.5. The highest BCUT2D eigenvalue weighted by atomic mass is 35.5. The van der Waals surface area contributed by atoms with Crippen LogP contribution in [0, 0.1) is 6.92 Å². The molecule has 0 bridgehead atoms. The van der Waals surface area contributed by atoms with Gasteiger partial charge in [-0.05, 0) is 39.5 Å². The maximum absolute atomic E-state index is 10.0. The molecule has 0 unspecified atom stereocenters. The Kier molecular flexibility index (Phi) is 3.18. The minimum Gasteiger partial charge on any atom is -0.390 e. The second-order valence-corrected chi connectivity index (χ2v) is 6.44. The summed E-state index contributed by atoms with van der Waals surface area (Å²) in [6, 6.07) is 0. The van der Waals surface area contributed by atoms with E-state index >= 15 is 0 Å². The van der Waals surface area contributed by atoms with Crippen molar-refractivity contribution in [1.82, 2.24) is 9.97 Å². The van der Waals surface area contributed by atoms with E-state index in [1.54, 1.807) is 0 Å². The molecule has 1 aromatic rings. The molecule has 1 saturated heterocycles. The molecule has 0 spiro atoms. The van der Waals surface area contributed by atoms with Crippen LogP contribution in [0.2, 0.25) is 5.15 Å². The zero-order chi connectivity index (χ0) is 13.6. The maximum Gasteiger partial charge on any atom is 0.137 e. The number of nitrogens with zero attached hydrogens (tertiary/aromatic N) is 3. The summed E-state index contributed by atoms with van der Waals surface area (Å²) in [7, 11) is 0. The van der Waals surface area contributed by atoms with Crippen LogP contribution in [-0.2, 0) is 0 Å². The number of anilines is 1. The molecule has 2 fully saturated rings. The van der Waals surface area contributed by atoms with Crippen LogP contribution < -0.4 is 4.90 Å². The topological polar surface area (TPSA) is 49.2 Å². The maximum atomic E-state index is 10.0. The van der Waals surface area contributed by atoms with Crippen molar-refractivity contribution < 1.29 is 5.11 Å². The first-order valence-corrected chi connectivity index (χ1v) is 7.35. The number of aromatic nitrogens is 2. The molecule has 0 atom stereocenters. The minimum absolute atomic E-state index is 0.504. The highest BCUT2D eigenvalue weighted by Crippen LogP contribution is 2.40. The third-order valence-corrected chi connectivity index (χ3v) is 4.53. The molecule has 0 aromatic carbocycles. The van der Waals surface area contributed by atoms with Crippen molar-refractivity contribution in [2.45, 2.75) is 51.0 Å². The molecule has 1 N–H and O–H groups in total. The van der Waals surface area contributed by atoms with Gasteiger partial charge in [0, 0.05) is 24.6 Å². The standard InChI is InChI=1S/C14H20ClN3O/c1-9-11(15)16-12(10-3-4-10)17-13(9)18-7-5-14(2,19)6-8-18/h10,19H,3-8H2,1-2H3. The van der Waals surface area contributed by atoms with E-state index in [4.69, 9.17) is 16.6 Å². The third kappa shape index (κ3) is 2.70. The number of aliphatic hydroxyl groups is 1. The molecule has 1 aromatic heterocycles. The summed E-state index contributed by atoms with van der Waals surface area (Å²) in [5, 5.41) is 10.6. The summed E-state index contributed by atoms with van der Waals surface area (Å²) in [6.07, 6.45) is 3.89. The van der Waals surface area contributed by atoms with Gasteiger partial charge in [0.25, 0.3) is 0 Å². The molecule has 0 amide bonds. The predicted octanol–water partition coefficient (Wildman–Crippen LogP) is 2.67. The van der Waals surface area contributed by atoms with Crippen molar-refractivity contribution in [3.05, 3.63) is 16.5 Å². The number of piperidine rings is 1. The molecule has 1 aliphatic carbocycles. The normalized spacial score (nSPS) is 22.6. The fraction of sp³-hybridized carbons (Fsp3) is 0.714. The molecule has 1 saturated carbocycles. The number of halogens is 1. The molecule has 1 aliphatic heterocycles. The SMILES string of the molecule is Cc1c(Cl)nc(C2CC2)nc1N1CCC(C)(O)CC1. The van der Waals surface area contributed by atoms with E-state index in [-0.39, 0.29) is 0 Å². The second-order valence-electron chi connectivity index (χ2n) is 6.08. The highest BCUT2D eigenvalue weighted by Gasteiger charge is 2.31. The Bertz CT molecular complexity index is 490. The van der Waals surface area contributed by atoms with Crippen LogP contribution in [0.4, 0.5) is 5.82 Å². The first-order valence-electron chi connectivity index (χ1n) is 6.98. The molecular weight excluding hydrogens is 262 g/mol. The molecule has 4 nitrogen and oxygen atoms in total. The van der Waals surface area contributed by atoms with Gasteiger partial charge in [0.15, 0.2) is 0 Å². The molecule has 0 radical (unpaired) electrons. The van der Waals surface area contributed by atoms with Crippen LogP contribution >= 0.6 is 11.6 Å². The third-order valence-electron chi connectivity index (χ3n) is 4.16. The summed E-state index contributed by atoms with van der Waals surface area (Å²) < 4.78 is 0. The molecule has 2 aliphatic rings. The van der Waals surface area contributed by atoms with E-state index < -0.39 is 5.60 Å². The van der Waals surface area contributed by atoms with Crippen molar-refractivity contribution >= 4 is 17.4 Å². The lowest BCUT2D eigenvalue weighted by Gasteiger charge is -2.37. The van der Waals surface area contributed by atoms with Crippen molar-refractivity contribution in [2.75, 3.05) is 18.0 Å². The quantitative estimate of drug-likeness (QED) is 0.847. The Morgan fingerprint density at radius 1 is 1.26 bits per heavy atom. The van der Waals surface area contributed by atoms with Gasteiger partial charge in [0.05, 0.1) is 5.60 Å². The van der Waals surface area contributed by atoms with E-state index in [0.717, 1.165) is 43.1 Å². The minimum atomic E-state index is -0.541. The van der Waals surface area contributed by atoms with Crippen LogP contribution in [0.25, 0.3) is 0 Å². The highest BCUT2D eigenvalue weighted by molar-refractivity contribution is 6.30. The van der Waals surface area contributed by atoms with Gasteiger partial charge >= 0.3 is 0 Å². The Labute approximate surface area is 118 Å². The summed E-state index contributed by atoms with van der Waals surface area (Å²) in [5.74, 6) is 2.35. The fourth-order valence-corrected chi connectivity index (χ4v) is 2.70. The van der Waals surface area contributed by atoms with E-state index in [1.807, 2.05) is 13.8 Å². The Morgan fingerprint density at radius 2 is 1.89 bits per heavy atom. The average molecular weight is 282 g/mol. The van der Waals surface area contributed by atoms with Crippen LogP contribution in [0.5, 0.6) is 0 Å². The van der Waals surface area contributed by atoms with Crippen LogP contribution in [0.15, 0.2) is 0 Å². The van der Waals surface area contributed by atoms with E-state index in [9.17, 15) is 5.11 Å². The van der Waals surface area contributed by atoms with Crippen molar-refractivity contribution in [2.24, 2.45) is 0 Å². The summed E-state index contributed by atoms with van der Waals surface area (Å²) in [6.45, 7) is 5.53. The monoisotopic (exact) mass is 281 g/mol. The summed E-state index contributed by atoms with van der Waals surface area (Å²) >= 11 is 6.24. The number of hydrogen-bond acceptors (Lipinski definition) is 4. The molecule has 5 heteroatoms. The molecular formula is C14H20ClN3O. The Balaban J connectivity index is 1.87. The molecule has 104 valence electrons. The lowest BCUT2D eigenvalue weighted by atomic mass is 9.94. The first kappa shape index (κ1) is 13.1. The van der Waals surface area contributed by atoms with Gasteiger partial charge in [-0.3, -0.25) is 0 Å². The fourth-order valence-electron chi connectivity index (χ4n) is 2.53. The smallest absolute Gasteiger partial charge is 0.137 e. The average Bonchev–Trinajstić information content (AvgIpc) is 3.17. The van der Waals surface area contributed by atoms with Gasteiger partial charge in [0.1, 0.15) is 16.8 Å². The van der Waals surface area contributed by atoms with Gasteiger partial charge in [-0.2, -0.15) is 0 Å². The van der Waals surface area contributed by atoms with Crippen molar-refractivity contribution in [1.29, 1.82) is 0 Å². The van der Waals surface area contributed by atoms with Crippen LogP contribution in [0.3, 0.4) is 0 Å². The first-order chi connectivity index (χ1) is 8.96. The van der Waals surface area contributed by atoms with E-state index in [1.165, 1.54) is 12.8 Å². The molecule has 3 rings (SSSR count). The van der Waals surface area contributed by atoms with Gasteiger partial charge < -0.3 is 10.0 Å². The summed E-state index contributed by atoms with van der Waals surface area (Å²) in [5.41, 5.74) is 0.410. The van der Waals surface area contributed by atoms with Gasteiger partial charge in [-0.15, -0.1) is 0 Å². The molecule has 2 heterocycles. The van der Waals surface area contributed by atoms with Gasteiger partial charge in [-0.1, -0.05) is 11.6 Å². The number of rotatable bonds is 2. The summed E-state index contributed by atoms with van der Waals surface area (Å²) in [4.78, 5) is 11.3. The largest absolute Gasteiger partial charge is 0.390 e. The lowest BCUT2D eigenvalue weighted by molar-refractivity contribution is 0.0350. The Morgan fingerprint density at radius 3 is 2.47 bits per heavy atom. The Hall–Kier alpha value is -0.870. The predicted molar refractivity (Wildman–Crippen MR) is 75.8 cm³/mol. The van der Waals surface area contributed by atoms with E-state index in [2.05, 4.69) is 9.88 Å².